The van der Waals surface area contributed by atoms with E-state index >= 15 is 0 Å². The number of nitrogens with zero attached hydrogens (tertiary/aromatic N) is 2. The quantitative estimate of drug-likeness (QED) is 0.355. The summed E-state index contributed by atoms with van der Waals surface area (Å²) in [5.74, 6) is 0.0261. The number of hydrogen-bond acceptors (Lipinski definition) is 2. The van der Waals surface area contributed by atoms with Crippen LogP contribution in [0.5, 0.6) is 0 Å². The van der Waals surface area contributed by atoms with Gasteiger partial charge in [0.25, 0.3) is 0 Å². The van der Waals surface area contributed by atoms with Crippen LogP contribution >= 0.6 is 34.8 Å². The van der Waals surface area contributed by atoms with Crippen molar-refractivity contribution in [1.29, 1.82) is 0 Å². The van der Waals surface area contributed by atoms with Crippen LogP contribution in [-0.4, -0.2) is 10.2 Å². The zero-order valence-corrected chi connectivity index (χ0v) is 15.8. The van der Waals surface area contributed by atoms with Gasteiger partial charge in [0.2, 0.25) is 0 Å². The Morgan fingerprint density at radius 1 is 0.654 bits per heavy atom. The van der Waals surface area contributed by atoms with Crippen LogP contribution in [0.2, 0.25) is 15.1 Å². The van der Waals surface area contributed by atoms with Gasteiger partial charge in [-0.1, -0.05) is 65.1 Å². The van der Waals surface area contributed by atoms with E-state index in [1.807, 2.05) is 54.6 Å². The molecule has 0 bridgehead atoms. The molecule has 0 N–H and O–H groups in total. The van der Waals surface area contributed by atoms with Gasteiger partial charge in [-0.3, -0.25) is 0 Å². The maximum Gasteiger partial charge on any atom is 0.0944 e. The first-order chi connectivity index (χ1) is 12.6. The van der Waals surface area contributed by atoms with E-state index in [-0.39, 0.29) is 5.92 Å². The summed E-state index contributed by atoms with van der Waals surface area (Å²) in [6, 6.07) is 21.8. The maximum atomic E-state index is 6.33. The zero-order valence-electron chi connectivity index (χ0n) is 13.5. The van der Waals surface area contributed by atoms with Crippen LogP contribution in [0, 0.1) is 0 Å². The molecule has 4 aromatic rings. The molecular formula is C21H13Cl3N2. The van der Waals surface area contributed by atoms with Gasteiger partial charge >= 0.3 is 0 Å². The van der Waals surface area contributed by atoms with E-state index in [4.69, 9.17) is 34.8 Å². The largest absolute Gasteiger partial charge is 0.157 e. The average Bonchev–Trinajstić information content (AvgIpc) is 2.66. The van der Waals surface area contributed by atoms with Crippen LogP contribution < -0.4 is 0 Å². The zero-order chi connectivity index (χ0) is 18.1. The van der Waals surface area contributed by atoms with Gasteiger partial charge in [-0.05, 0) is 53.1 Å². The first-order valence-electron chi connectivity index (χ1n) is 8.03. The van der Waals surface area contributed by atoms with Gasteiger partial charge in [0, 0.05) is 21.3 Å². The summed E-state index contributed by atoms with van der Waals surface area (Å²) in [5, 5.41) is 10.9. The Morgan fingerprint density at radius 2 is 1.19 bits per heavy atom. The molecule has 26 heavy (non-hydrogen) atoms. The fourth-order valence-electron chi connectivity index (χ4n) is 3.11. The minimum absolute atomic E-state index is 0.0261. The Bertz CT molecular complexity index is 1020. The predicted octanol–water partition coefficient (Wildman–Crippen LogP) is 6.77. The summed E-state index contributed by atoms with van der Waals surface area (Å²) in [6.45, 7) is 0. The molecule has 4 rings (SSSR count). The van der Waals surface area contributed by atoms with E-state index in [0.29, 0.717) is 15.1 Å². The Labute approximate surface area is 166 Å². The number of aromatic nitrogens is 2. The first-order valence-corrected chi connectivity index (χ1v) is 9.17. The highest BCUT2D eigenvalue weighted by molar-refractivity contribution is 6.35. The Morgan fingerprint density at radius 3 is 1.77 bits per heavy atom. The Balaban J connectivity index is 1.91. The molecule has 0 aliphatic carbocycles. The molecule has 0 radical (unpaired) electrons. The van der Waals surface area contributed by atoms with Crippen molar-refractivity contribution in [3.05, 3.63) is 105 Å². The van der Waals surface area contributed by atoms with E-state index in [2.05, 4.69) is 22.3 Å². The number of benzene rings is 3. The van der Waals surface area contributed by atoms with Crippen LogP contribution in [0.25, 0.3) is 10.9 Å². The Hall–Kier alpha value is -2.13. The highest BCUT2D eigenvalue weighted by Crippen LogP contribution is 2.35. The lowest BCUT2D eigenvalue weighted by Gasteiger charge is -2.19. The molecule has 0 fully saturated rings. The fraction of sp³-hybridized carbons (Fsp3) is 0.0476. The molecule has 0 saturated heterocycles. The Kier molecular flexibility index (Phi) is 4.82. The molecule has 2 nitrogen and oxygen atoms in total. The molecule has 5 heteroatoms. The van der Waals surface area contributed by atoms with Gasteiger partial charge in [0.1, 0.15) is 0 Å². The minimum atomic E-state index is 0.0261. The van der Waals surface area contributed by atoms with Crippen molar-refractivity contribution in [2.24, 2.45) is 0 Å². The third-order valence-electron chi connectivity index (χ3n) is 4.35. The van der Waals surface area contributed by atoms with Crippen molar-refractivity contribution in [1.82, 2.24) is 10.2 Å². The highest BCUT2D eigenvalue weighted by atomic mass is 35.5. The lowest BCUT2D eigenvalue weighted by Crippen LogP contribution is -2.03. The molecule has 0 unspecified atom stereocenters. The van der Waals surface area contributed by atoms with Gasteiger partial charge in [-0.25, -0.2) is 0 Å². The van der Waals surface area contributed by atoms with Crippen LogP contribution in [-0.2, 0) is 0 Å². The number of rotatable bonds is 3. The first kappa shape index (κ1) is 17.3. The molecule has 0 saturated carbocycles. The molecule has 0 aliphatic heterocycles. The van der Waals surface area contributed by atoms with Gasteiger partial charge in [0.15, 0.2) is 0 Å². The summed E-state index contributed by atoms with van der Waals surface area (Å²) >= 11 is 18.5. The van der Waals surface area contributed by atoms with Crippen LogP contribution in [0.3, 0.4) is 0 Å². The van der Waals surface area contributed by atoms with Gasteiger partial charge in [-0.2, -0.15) is 10.2 Å². The summed E-state index contributed by atoms with van der Waals surface area (Å²) in [4.78, 5) is 0. The lowest BCUT2D eigenvalue weighted by atomic mass is 9.85. The highest BCUT2D eigenvalue weighted by Gasteiger charge is 2.18. The second-order valence-corrected chi connectivity index (χ2v) is 7.29. The van der Waals surface area contributed by atoms with Crippen LogP contribution in [0.1, 0.15) is 22.6 Å². The molecule has 0 aliphatic rings. The van der Waals surface area contributed by atoms with E-state index in [9.17, 15) is 0 Å². The molecule has 0 spiro atoms. The summed E-state index contributed by atoms with van der Waals surface area (Å²) in [5.41, 5.74) is 4.15. The van der Waals surface area contributed by atoms with E-state index in [1.165, 1.54) is 0 Å². The van der Waals surface area contributed by atoms with Crippen LogP contribution in [0.15, 0.2) is 72.9 Å². The number of hydrogen-bond donors (Lipinski definition) is 0. The van der Waals surface area contributed by atoms with Crippen molar-refractivity contribution in [2.45, 2.75) is 5.92 Å². The molecule has 0 atom stereocenters. The summed E-state index contributed by atoms with van der Waals surface area (Å²) in [7, 11) is 0. The predicted molar refractivity (Wildman–Crippen MR) is 108 cm³/mol. The SMILES string of the molecule is Clc1ccc(C(c2ccc(Cl)cc2)c2ccc3nncc(Cl)c3c2)cc1. The third-order valence-corrected chi connectivity index (χ3v) is 5.16. The lowest BCUT2D eigenvalue weighted by molar-refractivity contribution is 0.978. The normalized spacial score (nSPS) is 11.2. The van der Waals surface area contributed by atoms with E-state index < -0.39 is 0 Å². The number of halogens is 3. The third kappa shape index (κ3) is 3.41. The molecular weight excluding hydrogens is 387 g/mol. The molecule has 0 amide bonds. The van der Waals surface area contributed by atoms with Crippen molar-refractivity contribution in [3.8, 4) is 0 Å². The summed E-state index contributed by atoms with van der Waals surface area (Å²) < 4.78 is 0. The smallest absolute Gasteiger partial charge is 0.0944 e. The summed E-state index contributed by atoms with van der Waals surface area (Å²) in [6.07, 6.45) is 1.56. The van der Waals surface area contributed by atoms with Gasteiger partial charge in [-0.15, -0.1) is 0 Å². The van der Waals surface area contributed by atoms with Crippen molar-refractivity contribution < 1.29 is 0 Å². The van der Waals surface area contributed by atoms with Crippen LogP contribution in [0.4, 0.5) is 0 Å². The van der Waals surface area contributed by atoms with Gasteiger partial charge < -0.3 is 0 Å². The van der Waals surface area contributed by atoms with E-state index in [1.54, 1.807) is 6.20 Å². The van der Waals surface area contributed by atoms with Crippen molar-refractivity contribution in [2.75, 3.05) is 0 Å². The standard InChI is InChI=1S/C21H13Cl3N2/c22-16-6-1-13(2-7-16)21(14-3-8-17(23)9-4-14)15-5-10-20-18(11-15)19(24)12-25-26-20/h1-12,21H. The number of fused-ring (bicyclic) bond motifs is 1. The second kappa shape index (κ2) is 7.24. The average molecular weight is 400 g/mol. The topological polar surface area (TPSA) is 25.8 Å². The van der Waals surface area contributed by atoms with E-state index in [0.717, 1.165) is 27.6 Å². The molecule has 3 aromatic carbocycles. The minimum Gasteiger partial charge on any atom is -0.157 e. The van der Waals surface area contributed by atoms with Crippen molar-refractivity contribution >= 4 is 45.7 Å². The molecule has 128 valence electrons. The monoisotopic (exact) mass is 398 g/mol. The second-order valence-electron chi connectivity index (χ2n) is 6.01. The van der Waals surface area contributed by atoms with Crippen molar-refractivity contribution in [3.63, 3.8) is 0 Å². The maximum absolute atomic E-state index is 6.33. The fourth-order valence-corrected chi connectivity index (χ4v) is 3.56. The molecule has 1 aromatic heterocycles. The molecule has 1 heterocycles. The van der Waals surface area contributed by atoms with Gasteiger partial charge in [0.05, 0.1) is 16.7 Å².